The first-order chi connectivity index (χ1) is 5.58. The standard InChI is InChI=1S/C9H17NO2/c1-2-7-4-3-5-9(12,6-7)8(10)11/h7,12H,2-6H2,1H3,(H2,10,11)/t7-,9-/m0/s1. The van der Waals surface area contributed by atoms with Crippen LogP contribution in [0.25, 0.3) is 0 Å². The minimum atomic E-state index is -1.21. The van der Waals surface area contributed by atoms with E-state index in [2.05, 4.69) is 6.92 Å². The van der Waals surface area contributed by atoms with E-state index in [0.717, 1.165) is 19.3 Å². The maximum atomic E-state index is 10.9. The normalized spacial score (nSPS) is 36.3. The van der Waals surface area contributed by atoms with Gasteiger partial charge in [0, 0.05) is 0 Å². The summed E-state index contributed by atoms with van der Waals surface area (Å²) in [7, 11) is 0. The smallest absolute Gasteiger partial charge is 0.249 e. The molecule has 3 nitrogen and oxygen atoms in total. The van der Waals surface area contributed by atoms with Crippen molar-refractivity contribution in [2.45, 2.75) is 44.6 Å². The zero-order valence-electron chi connectivity index (χ0n) is 7.55. The van der Waals surface area contributed by atoms with Gasteiger partial charge in [-0.1, -0.05) is 19.8 Å². The Balaban J connectivity index is 2.61. The van der Waals surface area contributed by atoms with Crippen molar-refractivity contribution >= 4 is 5.91 Å². The van der Waals surface area contributed by atoms with Crippen LogP contribution in [0.1, 0.15) is 39.0 Å². The SMILES string of the molecule is CC[C@H]1CCC[C@@](O)(C(N)=O)C1. The van der Waals surface area contributed by atoms with Gasteiger partial charge in [-0.3, -0.25) is 4.79 Å². The minimum Gasteiger partial charge on any atom is -0.380 e. The molecule has 1 aliphatic carbocycles. The molecule has 1 amide bonds. The van der Waals surface area contributed by atoms with Gasteiger partial charge >= 0.3 is 0 Å². The van der Waals surface area contributed by atoms with Crippen LogP contribution in [-0.2, 0) is 4.79 Å². The lowest BCUT2D eigenvalue weighted by Gasteiger charge is -2.33. The molecular formula is C9H17NO2. The van der Waals surface area contributed by atoms with Crippen LogP contribution in [0.15, 0.2) is 0 Å². The monoisotopic (exact) mass is 171 g/mol. The first kappa shape index (κ1) is 9.52. The van der Waals surface area contributed by atoms with Crippen LogP contribution in [0.4, 0.5) is 0 Å². The highest BCUT2D eigenvalue weighted by molar-refractivity contribution is 5.83. The van der Waals surface area contributed by atoms with Crippen molar-refractivity contribution in [1.29, 1.82) is 0 Å². The molecule has 0 aromatic carbocycles. The van der Waals surface area contributed by atoms with Crippen LogP contribution in [-0.4, -0.2) is 16.6 Å². The Morgan fingerprint density at radius 1 is 1.75 bits per heavy atom. The van der Waals surface area contributed by atoms with Crippen molar-refractivity contribution in [3.8, 4) is 0 Å². The highest BCUT2D eigenvalue weighted by Gasteiger charge is 2.38. The van der Waals surface area contributed by atoms with E-state index in [9.17, 15) is 9.90 Å². The van der Waals surface area contributed by atoms with Crippen molar-refractivity contribution in [3.63, 3.8) is 0 Å². The second kappa shape index (κ2) is 3.44. The molecule has 1 aliphatic rings. The van der Waals surface area contributed by atoms with Gasteiger partial charge in [-0.15, -0.1) is 0 Å². The van der Waals surface area contributed by atoms with Crippen molar-refractivity contribution in [1.82, 2.24) is 0 Å². The fraction of sp³-hybridized carbons (Fsp3) is 0.889. The van der Waals surface area contributed by atoms with Gasteiger partial charge in [0.25, 0.3) is 0 Å². The van der Waals surface area contributed by atoms with E-state index in [1.165, 1.54) is 0 Å². The predicted octanol–water partition coefficient (Wildman–Crippen LogP) is 0.803. The van der Waals surface area contributed by atoms with Crippen LogP contribution >= 0.6 is 0 Å². The fourth-order valence-corrected chi connectivity index (χ4v) is 1.94. The first-order valence-electron chi connectivity index (χ1n) is 4.61. The van der Waals surface area contributed by atoms with Crippen LogP contribution in [0.5, 0.6) is 0 Å². The van der Waals surface area contributed by atoms with Crippen molar-refractivity contribution in [2.24, 2.45) is 11.7 Å². The van der Waals surface area contributed by atoms with Crippen LogP contribution in [0, 0.1) is 5.92 Å². The molecule has 3 heteroatoms. The molecule has 0 bridgehead atoms. The number of rotatable bonds is 2. The third-order valence-electron chi connectivity index (χ3n) is 2.87. The highest BCUT2D eigenvalue weighted by Crippen LogP contribution is 2.33. The van der Waals surface area contributed by atoms with Gasteiger partial charge in [0.05, 0.1) is 0 Å². The molecule has 0 spiro atoms. The molecule has 0 aromatic rings. The Morgan fingerprint density at radius 3 is 2.92 bits per heavy atom. The van der Waals surface area contributed by atoms with Gasteiger partial charge in [0.2, 0.25) is 5.91 Å². The zero-order valence-corrected chi connectivity index (χ0v) is 7.55. The second-order valence-corrected chi connectivity index (χ2v) is 3.77. The summed E-state index contributed by atoms with van der Waals surface area (Å²) in [6.45, 7) is 2.08. The average Bonchev–Trinajstić information content (AvgIpc) is 2.04. The summed E-state index contributed by atoms with van der Waals surface area (Å²) in [5, 5.41) is 9.78. The number of hydrogen-bond acceptors (Lipinski definition) is 2. The average molecular weight is 171 g/mol. The number of carbonyl (C=O) groups excluding carboxylic acids is 1. The molecule has 0 aromatic heterocycles. The quantitative estimate of drug-likeness (QED) is 0.645. The molecule has 0 radical (unpaired) electrons. The summed E-state index contributed by atoms with van der Waals surface area (Å²) < 4.78 is 0. The van der Waals surface area contributed by atoms with E-state index in [1.807, 2.05) is 0 Å². The van der Waals surface area contributed by atoms with Gasteiger partial charge in [-0.2, -0.15) is 0 Å². The summed E-state index contributed by atoms with van der Waals surface area (Å²) in [4.78, 5) is 10.9. The molecule has 0 unspecified atom stereocenters. The largest absolute Gasteiger partial charge is 0.380 e. The van der Waals surface area contributed by atoms with Gasteiger partial charge in [0.15, 0.2) is 0 Å². The Hall–Kier alpha value is -0.570. The van der Waals surface area contributed by atoms with E-state index in [4.69, 9.17) is 5.73 Å². The van der Waals surface area contributed by atoms with E-state index in [-0.39, 0.29) is 0 Å². The van der Waals surface area contributed by atoms with E-state index < -0.39 is 11.5 Å². The molecule has 1 saturated carbocycles. The van der Waals surface area contributed by atoms with Gasteiger partial charge in [-0.05, 0) is 25.2 Å². The van der Waals surface area contributed by atoms with Gasteiger partial charge in [0.1, 0.15) is 5.60 Å². The number of aliphatic hydroxyl groups is 1. The minimum absolute atomic E-state index is 0.469. The summed E-state index contributed by atoms with van der Waals surface area (Å²) in [6.07, 6.45) is 4.15. The number of hydrogen-bond donors (Lipinski definition) is 2. The highest BCUT2D eigenvalue weighted by atomic mass is 16.3. The lowest BCUT2D eigenvalue weighted by molar-refractivity contribution is -0.141. The van der Waals surface area contributed by atoms with Gasteiger partial charge < -0.3 is 10.8 Å². The maximum Gasteiger partial charge on any atom is 0.249 e. The molecule has 12 heavy (non-hydrogen) atoms. The third-order valence-corrected chi connectivity index (χ3v) is 2.87. The topological polar surface area (TPSA) is 63.3 Å². The fourth-order valence-electron chi connectivity index (χ4n) is 1.94. The van der Waals surface area contributed by atoms with E-state index in [0.29, 0.717) is 18.8 Å². The van der Waals surface area contributed by atoms with E-state index >= 15 is 0 Å². The summed E-state index contributed by atoms with van der Waals surface area (Å²) in [5.41, 5.74) is 3.92. The zero-order chi connectivity index (χ0) is 9.19. The molecule has 70 valence electrons. The van der Waals surface area contributed by atoms with E-state index in [1.54, 1.807) is 0 Å². The third kappa shape index (κ3) is 1.78. The Bertz CT molecular complexity index is 181. The summed E-state index contributed by atoms with van der Waals surface area (Å²) in [6, 6.07) is 0. The number of nitrogens with two attached hydrogens (primary N) is 1. The Kier molecular flexibility index (Phi) is 2.73. The number of primary amides is 1. The summed E-state index contributed by atoms with van der Waals surface area (Å²) in [5.74, 6) is -0.0862. The molecule has 2 atom stereocenters. The number of amides is 1. The van der Waals surface area contributed by atoms with Gasteiger partial charge in [-0.25, -0.2) is 0 Å². The second-order valence-electron chi connectivity index (χ2n) is 3.77. The first-order valence-corrected chi connectivity index (χ1v) is 4.61. The molecule has 0 aliphatic heterocycles. The Morgan fingerprint density at radius 2 is 2.42 bits per heavy atom. The maximum absolute atomic E-state index is 10.9. The van der Waals surface area contributed by atoms with Crippen molar-refractivity contribution < 1.29 is 9.90 Å². The van der Waals surface area contributed by atoms with Crippen LogP contribution in [0.2, 0.25) is 0 Å². The van der Waals surface area contributed by atoms with Crippen molar-refractivity contribution in [3.05, 3.63) is 0 Å². The molecule has 3 N–H and O–H groups in total. The molecule has 0 heterocycles. The molecule has 1 rings (SSSR count). The van der Waals surface area contributed by atoms with Crippen LogP contribution in [0.3, 0.4) is 0 Å². The van der Waals surface area contributed by atoms with Crippen molar-refractivity contribution in [2.75, 3.05) is 0 Å². The molecular weight excluding hydrogens is 154 g/mol. The molecule has 0 saturated heterocycles. The predicted molar refractivity (Wildman–Crippen MR) is 46.4 cm³/mol. The van der Waals surface area contributed by atoms with Crippen LogP contribution < -0.4 is 5.73 Å². The lowest BCUT2D eigenvalue weighted by atomic mass is 9.77. The number of carbonyl (C=O) groups is 1. The lowest BCUT2D eigenvalue weighted by Crippen LogP contribution is -2.47. The Labute approximate surface area is 72.9 Å². The molecule has 1 fully saturated rings. The summed E-state index contributed by atoms with van der Waals surface area (Å²) >= 11 is 0.